The minimum Gasteiger partial charge on any atom is -0.449 e. The van der Waals surface area contributed by atoms with E-state index in [9.17, 15) is 24.3 Å². The predicted octanol–water partition coefficient (Wildman–Crippen LogP) is 4.22. The van der Waals surface area contributed by atoms with Gasteiger partial charge in [-0.2, -0.15) is 0 Å². The minimum atomic E-state index is -0.633. The monoisotopic (exact) mass is 486 g/mol. The highest BCUT2D eigenvalue weighted by Crippen LogP contribution is 2.33. The Hall–Kier alpha value is -2.16. The van der Waals surface area contributed by atoms with E-state index in [0.717, 1.165) is 0 Å². The van der Waals surface area contributed by atoms with Crippen LogP contribution in [0.15, 0.2) is 0 Å². The number of ether oxygens (including phenoxy) is 1. The number of carbonyl (C=O) groups excluding carboxylic acids is 4. The summed E-state index contributed by atoms with van der Waals surface area (Å²) in [6, 6.07) is 0. The molecule has 0 saturated carbocycles. The van der Waals surface area contributed by atoms with Gasteiger partial charge in [0.15, 0.2) is 0 Å². The Labute approximate surface area is 204 Å². The topological polar surface area (TPSA) is 122 Å². The van der Waals surface area contributed by atoms with Crippen LogP contribution in [0.25, 0.3) is 0 Å². The van der Waals surface area contributed by atoms with Crippen molar-refractivity contribution < 1.29 is 33.9 Å². The fourth-order valence-electron chi connectivity index (χ4n) is 4.24. The lowest BCUT2D eigenvalue weighted by Crippen LogP contribution is -2.36. The summed E-state index contributed by atoms with van der Waals surface area (Å²) in [5.74, 6) is -1.58. The van der Waals surface area contributed by atoms with Gasteiger partial charge in [-0.05, 0) is 35.0 Å². The summed E-state index contributed by atoms with van der Waals surface area (Å²) in [7, 11) is 0. The van der Waals surface area contributed by atoms with Gasteiger partial charge >= 0.3 is 12.1 Å². The second kappa shape index (κ2) is 13.7. The summed E-state index contributed by atoms with van der Waals surface area (Å²) in [5, 5.41) is 12.8. The molecule has 1 aliphatic rings. The Balaban J connectivity index is 0.00000529. The van der Waals surface area contributed by atoms with Gasteiger partial charge in [0.1, 0.15) is 0 Å². The van der Waals surface area contributed by atoms with E-state index in [0.29, 0.717) is 24.4 Å². The Morgan fingerprint density at radius 1 is 1.00 bits per heavy atom. The zero-order valence-electron chi connectivity index (χ0n) is 22.6. The zero-order valence-corrected chi connectivity index (χ0v) is 22.6. The molecule has 2 N–H and O–H groups in total. The number of hydroxylamine groups is 2. The number of hydrogen-bond acceptors (Lipinski definition) is 7. The van der Waals surface area contributed by atoms with Crippen molar-refractivity contribution in [2.24, 2.45) is 22.2 Å². The van der Waals surface area contributed by atoms with Crippen molar-refractivity contribution in [2.75, 3.05) is 19.8 Å². The highest BCUT2D eigenvalue weighted by molar-refractivity contribution is 6.01. The third kappa shape index (κ3) is 12.3. The fraction of sp³-hybridized carbons (Fsp3) is 0.840. The summed E-state index contributed by atoms with van der Waals surface area (Å²) in [4.78, 5) is 52.4. The molecular formula is C25H46N2O7. The maximum Gasteiger partial charge on any atom is 0.407 e. The lowest BCUT2D eigenvalue weighted by Gasteiger charge is -2.33. The van der Waals surface area contributed by atoms with Crippen molar-refractivity contribution in [2.45, 2.75) is 94.4 Å². The van der Waals surface area contributed by atoms with Crippen molar-refractivity contribution in [1.29, 1.82) is 0 Å². The molecule has 0 bridgehead atoms. The van der Waals surface area contributed by atoms with Gasteiger partial charge in [-0.3, -0.25) is 9.59 Å². The van der Waals surface area contributed by atoms with Gasteiger partial charge in [0, 0.05) is 26.0 Å². The maximum absolute atomic E-state index is 12.2. The van der Waals surface area contributed by atoms with Crippen LogP contribution in [0.3, 0.4) is 0 Å². The van der Waals surface area contributed by atoms with Crippen LogP contribution in [0.2, 0.25) is 0 Å². The number of amides is 3. The first-order valence-electron chi connectivity index (χ1n) is 12.1. The second-order valence-corrected chi connectivity index (χ2v) is 11.3. The quantitative estimate of drug-likeness (QED) is 0.396. The molecule has 0 spiro atoms. The van der Waals surface area contributed by atoms with E-state index >= 15 is 0 Å². The molecular weight excluding hydrogens is 440 g/mol. The summed E-state index contributed by atoms with van der Waals surface area (Å²) >= 11 is 0. The van der Waals surface area contributed by atoms with E-state index in [2.05, 4.69) is 5.32 Å². The molecule has 198 valence electrons. The standard InChI is InChI=1S/C23H40N2O7.C2H6/c1-16(12-24-20(30)31-15-23(6,7)13-22(4,5)14-26)10-21(2,3)11-19(29)32-25-17(27)8-9-18(25)28;1-2/h16,26H,8-15H2,1-7H3,(H,24,30);1-2H3. The van der Waals surface area contributed by atoms with Crippen LogP contribution in [0.1, 0.15) is 94.4 Å². The number of nitrogens with one attached hydrogen (secondary N) is 1. The Kier molecular flexibility index (Phi) is 12.8. The summed E-state index contributed by atoms with van der Waals surface area (Å²) < 4.78 is 5.36. The van der Waals surface area contributed by atoms with E-state index in [1.165, 1.54) is 0 Å². The van der Waals surface area contributed by atoms with Crippen LogP contribution in [-0.2, 0) is 24.0 Å². The van der Waals surface area contributed by atoms with Crippen molar-refractivity contribution in [3.8, 4) is 0 Å². The Bertz CT molecular complexity index is 685. The third-order valence-electron chi connectivity index (χ3n) is 5.30. The summed E-state index contributed by atoms with van der Waals surface area (Å²) in [6.45, 7) is 18.3. The molecule has 34 heavy (non-hydrogen) atoms. The number of alkyl carbamates (subject to hydrolysis) is 1. The lowest BCUT2D eigenvalue weighted by atomic mass is 9.76. The number of nitrogens with zero attached hydrogens (tertiary/aromatic N) is 1. The number of rotatable bonds is 12. The van der Waals surface area contributed by atoms with Gasteiger partial charge in [-0.15, -0.1) is 5.06 Å². The number of hydrogen-bond donors (Lipinski definition) is 2. The van der Waals surface area contributed by atoms with Crippen molar-refractivity contribution >= 4 is 23.9 Å². The van der Waals surface area contributed by atoms with E-state index in [1.807, 2.05) is 62.3 Å². The summed E-state index contributed by atoms with van der Waals surface area (Å²) in [5.41, 5.74) is -0.971. The first-order valence-corrected chi connectivity index (χ1v) is 12.1. The van der Waals surface area contributed by atoms with Gasteiger partial charge in [-0.1, -0.05) is 62.3 Å². The molecule has 1 unspecified atom stereocenters. The van der Waals surface area contributed by atoms with E-state index < -0.39 is 29.3 Å². The number of aliphatic hydroxyl groups is 1. The molecule has 1 heterocycles. The van der Waals surface area contributed by atoms with Crippen molar-refractivity contribution in [1.82, 2.24) is 10.4 Å². The van der Waals surface area contributed by atoms with Gasteiger partial charge in [0.05, 0.1) is 13.0 Å². The van der Waals surface area contributed by atoms with Crippen LogP contribution >= 0.6 is 0 Å². The number of aliphatic hydroxyl groups excluding tert-OH is 1. The van der Waals surface area contributed by atoms with Crippen LogP contribution in [0, 0.1) is 22.2 Å². The van der Waals surface area contributed by atoms with Gasteiger partial charge in [0.25, 0.3) is 11.8 Å². The van der Waals surface area contributed by atoms with Gasteiger partial charge in [-0.25, -0.2) is 9.59 Å². The molecule has 1 saturated heterocycles. The highest BCUT2D eigenvalue weighted by Gasteiger charge is 2.35. The largest absolute Gasteiger partial charge is 0.449 e. The highest BCUT2D eigenvalue weighted by atomic mass is 16.7. The first-order chi connectivity index (χ1) is 15.6. The molecule has 9 heteroatoms. The van der Waals surface area contributed by atoms with E-state index in [1.54, 1.807) is 0 Å². The zero-order chi connectivity index (χ0) is 26.7. The molecule has 0 aromatic carbocycles. The molecule has 9 nitrogen and oxygen atoms in total. The average molecular weight is 487 g/mol. The molecule has 0 radical (unpaired) electrons. The van der Waals surface area contributed by atoms with E-state index in [4.69, 9.17) is 9.57 Å². The average Bonchev–Trinajstić information content (AvgIpc) is 3.02. The van der Waals surface area contributed by atoms with Crippen LogP contribution < -0.4 is 5.32 Å². The predicted molar refractivity (Wildman–Crippen MR) is 129 cm³/mol. The van der Waals surface area contributed by atoms with Crippen LogP contribution in [-0.4, -0.2) is 53.8 Å². The maximum atomic E-state index is 12.2. The Morgan fingerprint density at radius 2 is 1.53 bits per heavy atom. The first kappa shape index (κ1) is 31.8. The van der Waals surface area contributed by atoms with Crippen LogP contribution in [0.5, 0.6) is 0 Å². The molecule has 0 aromatic rings. The third-order valence-corrected chi connectivity index (χ3v) is 5.30. The molecule has 0 aliphatic carbocycles. The molecule has 1 atom stereocenters. The SMILES string of the molecule is CC.CC(CNC(=O)OCC(C)(C)CC(C)(C)CO)CC(C)(C)CC(=O)ON1C(=O)CCC1=O. The minimum absolute atomic E-state index is 0.0354. The van der Waals surface area contributed by atoms with Crippen molar-refractivity contribution in [3.05, 3.63) is 0 Å². The van der Waals surface area contributed by atoms with Crippen LogP contribution in [0.4, 0.5) is 4.79 Å². The molecule has 3 amide bonds. The lowest BCUT2D eigenvalue weighted by molar-refractivity contribution is -0.199. The molecule has 1 fully saturated rings. The Morgan fingerprint density at radius 3 is 2.03 bits per heavy atom. The molecule has 1 rings (SSSR count). The van der Waals surface area contributed by atoms with Gasteiger partial charge in [0.2, 0.25) is 0 Å². The van der Waals surface area contributed by atoms with Crippen molar-refractivity contribution in [3.63, 3.8) is 0 Å². The second-order valence-electron chi connectivity index (χ2n) is 11.3. The smallest absolute Gasteiger partial charge is 0.407 e. The fourth-order valence-corrected chi connectivity index (χ4v) is 4.24. The number of carbonyl (C=O) groups is 4. The van der Waals surface area contributed by atoms with E-state index in [-0.39, 0.29) is 49.2 Å². The number of imide groups is 1. The molecule has 0 aromatic heterocycles. The normalized spacial score (nSPS) is 15.4. The summed E-state index contributed by atoms with van der Waals surface area (Å²) in [6.07, 6.45) is 0.970. The molecule has 1 aliphatic heterocycles. The van der Waals surface area contributed by atoms with Gasteiger partial charge < -0.3 is 20.0 Å².